The van der Waals surface area contributed by atoms with Crippen LogP contribution in [0.2, 0.25) is 0 Å². The van der Waals surface area contributed by atoms with E-state index in [1.807, 2.05) is 18.2 Å². The van der Waals surface area contributed by atoms with Crippen LogP contribution in [0.25, 0.3) is 0 Å². The summed E-state index contributed by atoms with van der Waals surface area (Å²) in [6.07, 6.45) is 71.6. The van der Waals surface area contributed by atoms with Gasteiger partial charge in [-0.1, -0.05) is 206 Å². The molecule has 0 saturated carbocycles. The van der Waals surface area contributed by atoms with Crippen molar-refractivity contribution in [1.82, 2.24) is 0 Å². The number of rotatable bonds is 43. The number of hydrogen-bond donors (Lipinski definition) is 0. The largest absolute Gasteiger partial charge is 0.462 e. The number of ether oxygens (including phenoxy) is 3. The highest BCUT2D eigenvalue weighted by atomic mass is 16.6. The molecular weight excluding hydrogens is 793 g/mol. The molecule has 0 heterocycles. The molecule has 1 unspecified atom stereocenters. The fraction of sp³-hybridized carbons (Fsp3) is 0.569. The molecule has 0 aliphatic heterocycles. The molecule has 0 amide bonds. The summed E-state index contributed by atoms with van der Waals surface area (Å²) in [5.41, 5.74) is 0. The van der Waals surface area contributed by atoms with Crippen LogP contribution in [0.1, 0.15) is 194 Å². The Labute approximate surface area is 392 Å². The van der Waals surface area contributed by atoms with Gasteiger partial charge in [-0.05, 0) is 103 Å². The Bertz CT molecular complexity index is 1430. The van der Waals surface area contributed by atoms with Crippen LogP contribution in [-0.4, -0.2) is 37.2 Å². The van der Waals surface area contributed by atoms with Crippen LogP contribution in [-0.2, 0) is 28.6 Å². The summed E-state index contributed by atoms with van der Waals surface area (Å²) in [5, 5.41) is 0. The third kappa shape index (κ3) is 48.6. The summed E-state index contributed by atoms with van der Waals surface area (Å²) in [5.74, 6) is -1.05. The molecule has 0 aromatic rings. The van der Waals surface area contributed by atoms with Crippen molar-refractivity contribution in [2.24, 2.45) is 0 Å². The maximum absolute atomic E-state index is 12.8. The normalized spacial score (nSPS) is 13.2. The van der Waals surface area contributed by atoms with Crippen molar-refractivity contribution < 1.29 is 28.6 Å². The van der Waals surface area contributed by atoms with Gasteiger partial charge in [-0.3, -0.25) is 14.4 Å². The molecule has 1 atom stereocenters. The van der Waals surface area contributed by atoms with E-state index < -0.39 is 6.10 Å². The van der Waals surface area contributed by atoms with Gasteiger partial charge in [0.25, 0.3) is 0 Å². The fourth-order valence-electron chi connectivity index (χ4n) is 6.27. The van der Waals surface area contributed by atoms with Gasteiger partial charge >= 0.3 is 17.9 Å². The van der Waals surface area contributed by atoms with Crippen molar-refractivity contribution in [1.29, 1.82) is 0 Å². The fourth-order valence-corrected chi connectivity index (χ4v) is 6.27. The van der Waals surface area contributed by atoms with Crippen molar-refractivity contribution >= 4 is 17.9 Å². The molecule has 0 aliphatic rings. The number of allylic oxidation sites excluding steroid dienone is 22. The first-order chi connectivity index (χ1) is 31.5. The standard InChI is InChI=1S/C58H90O6/c1-4-7-10-13-16-19-22-25-27-28-29-30-31-34-36-39-42-45-48-51-57(60)63-54-55(53-62-56(59)50-47-44-41-38-35-32-24-21-18-15-12-9-6-3)64-58(61)52-49-46-43-40-37-33-26-23-20-17-14-11-8-5-2/h7-12,15-21,24-25,27,29-30,34,36,42,45,55H,4-6,13-14,22-23,26,28,31-33,35,37-41,43-44,46-54H2,1-3H3/b10-7+,11-8+,12-9+,18-15+,19-16+,20-17+,24-21+,27-25+,30-29+,36-34+,45-42+. The molecule has 358 valence electrons. The predicted octanol–water partition coefficient (Wildman–Crippen LogP) is 16.7. The summed E-state index contributed by atoms with van der Waals surface area (Å²) in [6, 6.07) is 0. The molecule has 0 rings (SSSR count). The van der Waals surface area contributed by atoms with Gasteiger partial charge in [-0.2, -0.15) is 0 Å². The SMILES string of the molecule is CC/C=C/C=C/C=C/CCCCCCCC(=O)OCC(COC(=O)CC/C=C/C/C=C/C/C=C/C/C=C/C/C=C/C/C=C/CC)OC(=O)CCCCCCCCC/C=C/C/C=C/CC. The number of carbonyl (C=O) groups excluding carboxylic acids is 3. The second kappa shape index (κ2) is 51.2. The van der Waals surface area contributed by atoms with E-state index in [2.05, 4.69) is 136 Å². The highest BCUT2D eigenvalue weighted by Crippen LogP contribution is 2.13. The third-order valence-corrected chi connectivity index (χ3v) is 9.96. The lowest BCUT2D eigenvalue weighted by Crippen LogP contribution is -2.30. The van der Waals surface area contributed by atoms with Crippen molar-refractivity contribution in [3.63, 3.8) is 0 Å². The molecule has 64 heavy (non-hydrogen) atoms. The van der Waals surface area contributed by atoms with E-state index in [0.29, 0.717) is 19.3 Å². The van der Waals surface area contributed by atoms with E-state index in [1.54, 1.807) is 0 Å². The summed E-state index contributed by atoms with van der Waals surface area (Å²) >= 11 is 0. The Morgan fingerprint density at radius 2 is 0.672 bits per heavy atom. The van der Waals surface area contributed by atoms with E-state index in [0.717, 1.165) is 128 Å². The van der Waals surface area contributed by atoms with Crippen LogP contribution in [0, 0.1) is 0 Å². The second-order valence-electron chi connectivity index (χ2n) is 16.0. The number of carbonyl (C=O) groups is 3. The molecule has 6 nitrogen and oxygen atoms in total. The maximum Gasteiger partial charge on any atom is 0.306 e. The van der Waals surface area contributed by atoms with E-state index >= 15 is 0 Å². The lowest BCUT2D eigenvalue weighted by molar-refractivity contribution is -0.166. The van der Waals surface area contributed by atoms with Crippen molar-refractivity contribution in [2.75, 3.05) is 13.2 Å². The lowest BCUT2D eigenvalue weighted by Gasteiger charge is -2.18. The smallest absolute Gasteiger partial charge is 0.306 e. The van der Waals surface area contributed by atoms with Gasteiger partial charge in [0, 0.05) is 19.3 Å². The summed E-state index contributed by atoms with van der Waals surface area (Å²) in [7, 11) is 0. The zero-order chi connectivity index (χ0) is 46.5. The number of hydrogen-bond acceptors (Lipinski definition) is 6. The average molecular weight is 883 g/mol. The monoisotopic (exact) mass is 883 g/mol. The first-order valence-corrected chi connectivity index (χ1v) is 25.2. The maximum atomic E-state index is 12.8. The van der Waals surface area contributed by atoms with E-state index in [4.69, 9.17) is 14.2 Å². The molecule has 0 saturated heterocycles. The van der Waals surface area contributed by atoms with Gasteiger partial charge in [0.15, 0.2) is 6.10 Å². The van der Waals surface area contributed by atoms with Gasteiger partial charge in [-0.15, -0.1) is 0 Å². The Hall–Kier alpha value is -4.45. The molecular formula is C58H90O6. The Morgan fingerprint density at radius 1 is 0.328 bits per heavy atom. The highest BCUT2D eigenvalue weighted by molar-refractivity contribution is 5.71. The second-order valence-corrected chi connectivity index (χ2v) is 16.0. The zero-order valence-electron chi connectivity index (χ0n) is 40.7. The van der Waals surface area contributed by atoms with Gasteiger partial charge in [-0.25, -0.2) is 0 Å². The van der Waals surface area contributed by atoms with Gasteiger partial charge in [0.05, 0.1) is 0 Å². The van der Waals surface area contributed by atoms with Crippen molar-refractivity contribution in [2.45, 2.75) is 200 Å². The molecule has 0 radical (unpaired) electrons. The molecule has 0 fully saturated rings. The summed E-state index contributed by atoms with van der Waals surface area (Å²) in [4.78, 5) is 37.9. The quantitative estimate of drug-likeness (QED) is 0.0200. The molecule has 6 heteroatoms. The van der Waals surface area contributed by atoms with Gasteiger partial charge in [0.2, 0.25) is 0 Å². The topological polar surface area (TPSA) is 78.9 Å². The van der Waals surface area contributed by atoms with Gasteiger partial charge < -0.3 is 14.2 Å². The Kier molecular flexibility index (Phi) is 47.6. The molecule has 0 aromatic carbocycles. The lowest BCUT2D eigenvalue weighted by atomic mass is 10.1. The molecule has 0 aliphatic carbocycles. The average Bonchev–Trinajstić information content (AvgIpc) is 3.29. The number of esters is 3. The minimum Gasteiger partial charge on any atom is -0.462 e. The van der Waals surface area contributed by atoms with Crippen LogP contribution in [0.5, 0.6) is 0 Å². The molecule has 0 spiro atoms. The first-order valence-electron chi connectivity index (χ1n) is 25.2. The van der Waals surface area contributed by atoms with Crippen LogP contribution in [0.15, 0.2) is 134 Å². The van der Waals surface area contributed by atoms with Crippen LogP contribution >= 0.6 is 0 Å². The van der Waals surface area contributed by atoms with Crippen molar-refractivity contribution in [3.8, 4) is 0 Å². The van der Waals surface area contributed by atoms with Crippen LogP contribution in [0.3, 0.4) is 0 Å². The summed E-state index contributed by atoms with van der Waals surface area (Å²) in [6.45, 7) is 6.17. The van der Waals surface area contributed by atoms with Crippen LogP contribution < -0.4 is 0 Å². The zero-order valence-corrected chi connectivity index (χ0v) is 40.7. The Balaban J connectivity index is 4.56. The van der Waals surface area contributed by atoms with E-state index in [1.165, 1.54) is 19.3 Å². The molecule has 0 aromatic heterocycles. The summed E-state index contributed by atoms with van der Waals surface area (Å²) < 4.78 is 16.7. The molecule has 0 bridgehead atoms. The minimum atomic E-state index is -0.825. The predicted molar refractivity (Wildman–Crippen MR) is 274 cm³/mol. The van der Waals surface area contributed by atoms with Crippen LogP contribution in [0.4, 0.5) is 0 Å². The Morgan fingerprint density at radius 3 is 1.14 bits per heavy atom. The van der Waals surface area contributed by atoms with E-state index in [-0.39, 0.29) is 37.5 Å². The highest BCUT2D eigenvalue weighted by Gasteiger charge is 2.19. The first kappa shape index (κ1) is 59.5. The molecule has 0 N–H and O–H groups in total. The number of unbranched alkanes of at least 4 members (excludes halogenated alkanes) is 12. The van der Waals surface area contributed by atoms with Gasteiger partial charge in [0.1, 0.15) is 13.2 Å². The van der Waals surface area contributed by atoms with Crippen molar-refractivity contribution in [3.05, 3.63) is 134 Å². The van der Waals surface area contributed by atoms with E-state index in [9.17, 15) is 14.4 Å². The third-order valence-electron chi connectivity index (χ3n) is 9.96. The minimum absolute atomic E-state index is 0.120.